The quantitative estimate of drug-likeness (QED) is 0.557. The Labute approximate surface area is 132 Å². The van der Waals surface area contributed by atoms with Crippen LogP contribution < -0.4 is 5.32 Å². The molecule has 23 heavy (non-hydrogen) atoms. The second kappa shape index (κ2) is 6.27. The van der Waals surface area contributed by atoms with Crippen LogP contribution >= 0.6 is 0 Å². The molecule has 3 rings (SSSR count). The molecule has 2 aromatic carbocycles. The maximum absolute atomic E-state index is 11.2. The van der Waals surface area contributed by atoms with E-state index in [0.29, 0.717) is 17.3 Å². The Kier molecular flexibility index (Phi) is 4.01. The summed E-state index contributed by atoms with van der Waals surface area (Å²) in [5.41, 5.74) is 1.36. The minimum Gasteiger partial charge on any atom is -0.366 e. The monoisotopic (exact) mass is 309 g/mol. The molecule has 0 saturated carbocycles. The van der Waals surface area contributed by atoms with Crippen LogP contribution in [0.4, 0.5) is 11.4 Å². The van der Waals surface area contributed by atoms with Crippen molar-refractivity contribution in [3.63, 3.8) is 0 Å². The van der Waals surface area contributed by atoms with Crippen LogP contribution in [0.5, 0.6) is 0 Å². The number of rotatable bonds is 5. The van der Waals surface area contributed by atoms with Crippen LogP contribution in [-0.2, 0) is 0 Å². The van der Waals surface area contributed by atoms with Gasteiger partial charge in [0.05, 0.1) is 4.92 Å². The number of aryl methyl sites for hydroxylation is 1. The number of nitro groups is 1. The molecule has 0 bridgehead atoms. The number of nitrogens with one attached hydrogen (secondary N) is 2. The van der Waals surface area contributed by atoms with Crippen molar-refractivity contribution in [1.82, 2.24) is 15.2 Å². The third-order valence-electron chi connectivity index (χ3n) is 3.41. The molecule has 1 atom stereocenters. The molecule has 7 heteroatoms. The van der Waals surface area contributed by atoms with E-state index in [0.717, 1.165) is 5.56 Å². The largest absolute Gasteiger partial charge is 0.366 e. The first-order valence-corrected chi connectivity index (χ1v) is 7.09. The average Bonchev–Trinajstić information content (AvgIpc) is 3.00. The molecule has 0 aliphatic heterocycles. The van der Waals surface area contributed by atoms with Crippen molar-refractivity contribution in [2.45, 2.75) is 13.0 Å². The summed E-state index contributed by atoms with van der Waals surface area (Å²) in [6, 6.07) is 15.7. The zero-order valence-electron chi connectivity index (χ0n) is 12.4. The Hall–Kier alpha value is -3.22. The minimum absolute atomic E-state index is 0.0145. The van der Waals surface area contributed by atoms with E-state index in [1.165, 1.54) is 6.07 Å². The highest BCUT2D eigenvalue weighted by Crippen LogP contribution is 2.30. The van der Waals surface area contributed by atoms with E-state index in [-0.39, 0.29) is 11.7 Å². The highest BCUT2D eigenvalue weighted by atomic mass is 16.6. The number of benzene rings is 2. The lowest BCUT2D eigenvalue weighted by Crippen LogP contribution is -2.15. The summed E-state index contributed by atoms with van der Waals surface area (Å²) >= 11 is 0. The summed E-state index contributed by atoms with van der Waals surface area (Å²) in [7, 11) is 0. The maximum Gasteiger partial charge on any atom is 0.292 e. The molecule has 1 aromatic heterocycles. The van der Waals surface area contributed by atoms with Crippen LogP contribution in [0.25, 0.3) is 0 Å². The summed E-state index contributed by atoms with van der Waals surface area (Å²) in [5.74, 6) is 1.22. The lowest BCUT2D eigenvalue weighted by molar-refractivity contribution is -0.384. The zero-order valence-corrected chi connectivity index (χ0v) is 12.4. The van der Waals surface area contributed by atoms with Crippen LogP contribution in [0.3, 0.4) is 0 Å². The second-order valence-electron chi connectivity index (χ2n) is 5.04. The Morgan fingerprint density at radius 2 is 1.83 bits per heavy atom. The molecule has 0 radical (unpaired) electrons. The van der Waals surface area contributed by atoms with Gasteiger partial charge in [-0.25, -0.2) is 4.98 Å². The number of hydrogen-bond acceptors (Lipinski definition) is 5. The first-order valence-electron chi connectivity index (χ1n) is 7.09. The van der Waals surface area contributed by atoms with E-state index in [2.05, 4.69) is 20.5 Å². The van der Waals surface area contributed by atoms with E-state index < -0.39 is 4.92 Å². The molecule has 0 amide bonds. The van der Waals surface area contributed by atoms with E-state index in [1.54, 1.807) is 18.2 Å². The molecule has 0 spiro atoms. The fourth-order valence-corrected chi connectivity index (χ4v) is 2.34. The van der Waals surface area contributed by atoms with Gasteiger partial charge in [0.1, 0.15) is 17.6 Å². The molecule has 0 aliphatic carbocycles. The Bertz CT molecular complexity index is 816. The van der Waals surface area contributed by atoms with Gasteiger partial charge in [-0.1, -0.05) is 42.5 Å². The van der Waals surface area contributed by atoms with Crippen molar-refractivity contribution in [2.24, 2.45) is 0 Å². The first kappa shape index (κ1) is 14.7. The van der Waals surface area contributed by atoms with Gasteiger partial charge in [-0.05, 0) is 18.6 Å². The first-order chi connectivity index (χ1) is 11.1. The Morgan fingerprint density at radius 1 is 1.13 bits per heavy atom. The number of aromatic amines is 1. The number of anilines is 1. The smallest absolute Gasteiger partial charge is 0.292 e. The van der Waals surface area contributed by atoms with Gasteiger partial charge in [0.2, 0.25) is 0 Å². The van der Waals surface area contributed by atoms with Crippen molar-refractivity contribution in [3.05, 3.63) is 81.9 Å². The number of para-hydroxylation sites is 2. The topological polar surface area (TPSA) is 96.7 Å². The predicted molar refractivity (Wildman–Crippen MR) is 86.1 cm³/mol. The van der Waals surface area contributed by atoms with Gasteiger partial charge in [0.15, 0.2) is 5.82 Å². The Balaban J connectivity index is 2.02. The maximum atomic E-state index is 11.2. The second-order valence-corrected chi connectivity index (χ2v) is 5.04. The van der Waals surface area contributed by atoms with E-state index in [1.807, 2.05) is 37.3 Å². The summed E-state index contributed by atoms with van der Waals surface area (Å²) in [5, 5.41) is 21.4. The lowest BCUT2D eigenvalue weighted by Gasteiger charge is -2.17. The third-order valence-corrected chi connectivity index (χ3v) is 3.41. The number of nitro benzene ring substituents is 1. The molecule has 2 N–H and O–H groups in total. The van der Waals surface area contributed by atoms with E-state index in [9.17, 15) is 10.1 Å². The van der Waals surface area contributed by atoms with Crippen LogP contribution in [0.2, 0.25) is 0 Å². The fourth-order valence-electron chi connectivity index (χ4n) is 2.34. The number of H-pyrrole nitrogens is 1. The molecular formula is C16H15N5O2. The highest BCUT2D eigenvalue weighted by molar-refractivity contribution is 5.62. The van der Waals surface area contributed by atoms with E-state index in [4.69, 9.17) is 0 Å². The van der Waals surface area contributed by atoms with Gasteiger partial charge in [-0.15, -0.1) is 0 Å². The standard InChI is InChI=1S/C16H15N5O2/c1-11-17-16(20-19-11)15(12-7-3-2-4-8-12)18-13-9-5-6-10-14(13)21(22)23/h2-10,15,18H,1H3,(H,17,19,20). The van der Waals surface area contributed by atoms with Crippen LogP contribution in [0, 0.1) is 17.0 Å². The fraction of sp³-hybridized carbons (Fsp3) is 0.125. The van der Waals surface area contributed by atoms with Gasteiger partial charge < -0.3 is 5.32 Å². The summed E-state index contributed by atoms with van der Waals surface area (Å²) in [6.45, 7) is 1.81. The summed E-state index contributed by atoms with van der Waals surface area (Å²) < 4.78 is 0. The molecule has 0 fully saturated rings. The molecule has 116 valence electrons. The van der Waals surface area contributed by atoms with E-state index >= 15 is 0 Å². The van der Waals surface area contributed by atoms with Crippen molar-refractivity contribution < 1.29 is 4.92 Å². The zero-order chi connectivity index (χ0) is 16.2. The van der Waals surface area contributed by atoms with Gasteiger partial charge in [0.25, 0.3) is 5.69 Å². The highest BCUT2D eigenvalue weighted by Gasteiger charge is 2.22. The van der Waals surface area contributed by atoms with Gasteiger partial charge in [0, 0.05) is 6.07 Å². The lowest BCUT2D eigenvalue weighted by atomic mass is 10.1. The molecular weight excluding hydrogens is 294 g/mol. The third kappa shape index (κ3) is 3.18. The molecule has 1 heterocycles. The van der Waals surface area contributed by atoms with Crippen molar-refractivity contribution in [3.8, 4) is 0 Å². The molecule has 7 nitrogen and oxygen atoms in total. The van der Waals surface area contributed by atoms with Crippen molar-refractivity contribution in [1.29, 1.82) is 0 Å². The summed E-state index contributed by atoms with van der Waals surface area (Å²) in [6.07, 6.45) is 0. The number of nitrogens with zero attached hydrogens (tertiary/aromatic N) is 3. The average molecular weight is 309 g/mol. The Morgan fingerprint density at radius 3 is 2.48 bits per heavy atom. The van der Waals surface area contributed by atoms with Gasteiger partial charge >= 0.3 is 0 Å². The van der Waals surface area contributed by atoms with Crippen LogP contribution in [0.15, 0.2) is 54.6 Å². The summed E-state index contributed by atoms with van der Waals surface area (Å²) in [4.78, 5) is 15.2. The molecule has 3 aromatic rings. The van der Waals surface area contributed by atoms with Crippen molar-refractivity contribution in [2.75, 3.05) is 5.32 Å². The van der Waals surface area contributed by atoms with Crippen LogP contribution in [0.1, 0.15) is 23.3 Å². The molecule has 1 unspecified atom stereocenters. The van der Waals surface area contributed by atoms with Gasteiger partial charge in [-0.2, -0.15) is 5.10 Å². The minimum atomic E-state index is -0.409. The SMILES string of the molecule is Cc1nc(C(Nc2ccccc2[N+](=O)[O-])c2ccccc2)n[nH]1. The number of aromatic nitrogens is 3. The predicted octanol–water partition coefficient (Wildman–Crippen LogP) is 3.22. The van der Waals surface area contributed by atoms with Crippen molar-refractivity contribution >= 4 is 11.4 Å². The van der Waals surface area contributed by atoms with Crippen LogP contribution in [-0.4, -0.2) is 20.1 Å². The molecule has 0 aliphatic rings. The van der Waals surface area contributed by atoms with Gasteiger partial charge in [-0.3, -0.25) is 15.2 Å². The number of hydrogen-bond donors (Lipinski definition) is 2. The molecule has 0 saturated heterocycles. The normalized spacial score (nSPS) is 11.9.